The van der Waals surface area contributed by atoms with Crippen LogP contribution < -0.4 is 5.73 Å². The molecule has 0 saturated heterocycles. The molecule has 0 bridgehead atoms. The van der Waals surface area contributed by atoms with Crippen LogP contribution in [-0.4, -0.2) is 15.7 Å². The first-order valence-corrected chi connectivity index (χ1v) is 6.50. The van der Waals surface area contributed by atoms with E-state index in [1.54, 1.807) is 0 Å². The van der Waals surface area contributed by atoms with Gasteiger partial charge in [-0.25, -0.2) is 9.97 Å². The van der Waals surface area contributed by atoms with E-state index in [1.165, 1.54) is 11.8 Å². The predicted molar refractivity (Wildman–Crippen MR) is 73.0 cm³/mol. The van der Waals surface area contributed by atoms with Gasteiger partial charge in [-0.3, -0.25) is 0 Å². The molecule has 2 rings (SSSR count). The maximum atomic E-state index is 9.29. The van der Waals surface area contributed by atoms with E-state index < -0.39 is 0 Å². The second-order valence-electron chi connectivity index (χ2n) is 3.52. The van der Waals surface area contributed by atoms with Crippen LogP contribution in [0.25, 0.3) is 11.3 Å². The topological polar surface area (TPSA) is 75.6 Å². The van der Waals surface area contributed by atoms with Crippen LogP contribution in [0.15, 0.2) is 35.4 Å². The van der Waals surface area contributed by atoms with Crippen LogP contribution in [0.1, 0.15) is 12.5 Å². The fourth-order valence-electron chi connectivity index (χ4n) is 1.60. The molecule has 0 atom stereocenters. The van der Waals surface area contributed by atoms with E-state index in [-0.39, 0.29) is 5.95 Å². The summed E-state index contributed by atoms with van der Waals surface area (Å²) in [6, 6.07) is 11.7. The number of nitrogen functional groups attached to an aromatic ring is 1. The van der Waals surface area contributed by atoms with Crippen molar-refractivity contribution in [3.8, 4) is 17.3 Å². The zero-order valence-electron chi connectivity index (χ0n) is 9.92. The molecule has 18 heavy (non-hydrogen) atoms. The number of benzene rings is 1. The van der Waals surface area contributed by atoms with Crippen LogP contribution in [0.5, 0.6) is 0 Å². The Morgan fingerprint density at radius 3 is 2.61 bits per heavy atom. The predicted octanol–water partition coefficient (Wildman–Crippen LogP) is 2.71. The molecule has 0 aliphatic heterocycles. The quantitative estimate of drug-likeness (QED) is 0.675. The molecule has 0 unspecified atom stereocenters. The van der Waals surface area contributed by atoms with E-state index in [4.69, 9.17) is 5.73 Å². The normalized spacial score (nSPS) is 10.0. The number of hydrogen-bond acceptors (Lipinski definition) is 5. The van der Waals surface area contributed by atoms with Gasteiger partial charge in [0.15, 0.2) is 0 Å². The highest BCUT2D eigenvalue weighted by Gasteiger charge is 2.14. The minimum Gasteiger partial charge on any atom is -0.368 e. The highest BCUT2D eigenvalue weighted by Crippen LogP contribution is 2.29. The Kier molecular flexibility index (Phi) is 3.80. The van der Waals surface area contributed by atoms with Crippen molar-refractivity contribution in [1.82, 2.24) is 9.97 Å². The molecule has 0 aliphatic carbocycles. The lowest BCUT2D eigenvalue weighted by Crippen LogP contribution is -2.02. The molecule has 0 spiro atoms. The molecular weight excluding hydrogens is 244 g/mol. The minimum atomic E-state index is 0.198. The molecule has 0 amide bonds. The second-order valence-corrected chi connectivity index (χ2v) is 4.77. The zero-order chi connectivity index (χ0) is 13.0. The van der Waals surface area contributed by atoms with Crippen molar-refractivity contribution < 1.29 is 0 Å². The van der Waals surface area contributed by atoms with Crippen molar-refractivity contribution in [1.29, 1.82) is 5.26 Å². The highest BCUT2D eigenvalue weighted by molar-refractivity contribution is 7.99. The van der Waals surface area contributed by atoms with Gasteiger partial charge >= 0.3 is 0 Å². The summed E-state index contributed by atoms with van der Waals surface area (Å²) < 4.78 is 0. The van der Waals surface area contributed by atoms with Gasteiger partial charge in [0.2, 0.25) is 5.95 Å². The first-order chi connectivity index (χ1) is 8.76. The third-order valence-electron chi connectivity index (χ3n) is 2.33. The summed E-state index contributed by atoms with van der Waals surface area (Å²) in [6.45, 7) is 2.01. The average Bonchev–Trinajstić information content (AvgIpc) is 2.39. The number of thioether (sulfide) groups is 1. The van der Waals surface area contributed by atoms with Gasteiger partial charge in [0.1, 0.15) is 16.7 Å². The van der Waals surface area contributed by atoms with E-state index in [1.807, 2.05) is 37.3 Å². The number of nitriles is 1. The number of hydrogen-bond donors (Lipinski definition) is 1. The van der Waals surface area contributed by atoms with Crippen LogP contribution in [-0.2, 0) is 0 Å². The first-order valence-electron chi connectivity index (χ1n) is 5.52. The molecule has 1 aromatic heterocycles. The van der Waals surface area contributed by atoms with Crippen molar-refractivity contribution in [3.05, 3.63) is 35.9 Å². The largest absolute Gasteiger partial charge is 0.368 e. The number of rotatable bonds is 3. The number of anilines is 1. The van der Waals surface area contributed by atoms with E-state index in [0.29, 0.717) is 16.3 Å². The van der Waals surface area contributed by atoms with Crippen LogP contribution in [0.4, 0.5) is 5.95 Å². The molecule has 5 heteroatoms. The van der Waals surface area contributed by atoms with Gasteiger partial charge in [0.25, 0.3) is 0 Å². The van der Waals surface area contributed by atoms with Gasteiger partial charge in [-0.2, -0.15) is 5.26 Å². The maximum absolute atomic E-state index is 9.29. The van der Waals surface area contributed by atoms with Crippen LogP contribution in [0, 0.1) is 11.3 Å². The Labute approximate surface area is 110 Å². The smallest absolute Gasteiger partial charge is 0.221 e. The summed E-state index contributed by atoms with van der Waals surface area (Å²) >= 11 is 1.50. The molecule has 2 aromatic rings. The second kappa shape index (κ2) is 5.52. The molecule has 1 aromatic carbocycles. The molecule has 90 valence electrons. The third-order valence-corrected chi connectivity index (χ3v) is 3.19. The Balaban J connectivity index is 2.64. The first kappa shape index (κ1) is 12.4. The minimum absolute atomic E-state index is 0.198. The summed E-state index contributed by atoms with van der Waals surface area (Å²) in [5.41, 5.74) is 7.67. The summed E-state index contributed by atoms with van der Waals surface area (Å²) in [6.07, 6.45) is 0. The molecule has 0 saturated carbocycles. The summed E-state index contributed by atoms with van der Waals surface area (Å²) in [5.74, 6) is 1.03. The lowest BCUT2D eigenvalue weighted by molar-refractivity contribution is 1.05. The zero-order valence-corrected chi connectivity index (χ0v) is 10.7. The average molecular weight is 256 g/mol. The third kappa shape index (κ3) is 2.44. The standard InChI is InChI=1S/C13H12N4S/c1-2-18-12-10(8-14)11(16-13(15)17-12)9-6-4-3-5-7-9/h3-7H,2H2,1H3,(H2,15,16,17). The van der Waals surface area contributed by atoms with Gasteiger partial charge in [-0.15, -0.1) is 11.8 Å². The Hall–Kier alpha value is -2.06. The van der Waals surface area contributed by atoms with Crippen molar-refractivity contribution >= 4 is 17.7 Å². The number of nitrogens with zero attached hydrogens (tertiary/aromatic N) is 3. The van der Waals surface area contributed by atoms with E-state index >= 15 is 0 Å². The van der Waals surface area contributed by atoms with Crippen molar-refractivity contribution in [2.75, 3.05) is 11.5 Å². The molecule has 2 N–H and O–H groups in total. The van der Waals surface area contributed by atoms with Crippen LogP contribution in [0.2, 0.25) is 0 Å². The van der Waals surface area contributed by atoms with Crippen LogP contribution >= 0.6 is 11.8 Å². The lowest BCUT2D eigenvalue weighted by atomic mass is 10.1. The molecule has 0 radical (unpaired) electrons. The fourth-order valence-corrected chi connectivity index (χ4v) is 2.32. The maximum Gasteiger partial charge on any atom is 0.221 e. The molecule has 1 heterocycles. The number of aromatic nitrogens is 2. The van der Waals surface area contributed by atoms with Gasteiger partial charge in [0.05, 0.1) is 5.69 Å². The van der Waals surface area contributed by atoms with E-state index in [2.05, 4.69) is 16.0 Å². The monoisotopic (exact) mass is 256 g/mol. The molecule has 4 nitrogen and oxygen atoms in total. The molecule has 0 aliphatic rings. The van der Waals surface area contributed by atoms with E-state index in [9.17, 15) is 5.26 Å². The Bertz CT molecular complexity index is 590. The van der Waals surface area contributed by atoms with Gasteiger partial charge in [0, 0.05) is 5.56 Å². The summed E-state index contributed by atoms with van der Waals surface area (Å²) in [5, 5.41) is 9.94. The van der Waals surface area contributed by atoms with E-state index in [0.717, 1.165) is 11.3 Å². The van der Waals surface area contributed by atoms with Crippen molar-refractivity contribution in [2.24, 2.45) is 0 Å². The summed E-state index contributed by atoms with van der Waals surface area (Å²) in [7, 11) is 0. The molecular formula is C13H12N4S. The Morgan fingerprint density at radius 1 is 1.28 bits per heavy atom. The lowest BCUT2D eigenvalue weighted by Gasteiger charge is -2.08. The SMILES string of the molecule is CCSc1nc(N)nc(-c2ccccc2)c1C#N. The summed E-state index contributed by atoms with van der Waals surface area (Å²) in [4.78, 5) is 8.31. The van der Waals surface area contributed by atoms with Gasteiger partial charge in [-0.1, -0.05) is 37.3 Å². The Morgan fingerprint density at radius 2 is 2.00 bits per heavy atom. The van der Waals surface area contributed by atoms with Gasteiger partial charge in [-0.05, 0) is 5.75 Å². The number of nitrogens with two attached hydrogens (primary N) is 1. The molecule has 0 fully saturated rings. The van der Waals surface area contributed by atoms with Crippen molar-refractivity contribution in [2.45, 2.75) is 11.9 Å². The highest BCUT2D eigenvalue weighted by atomic mass is 32.2. The van der Waals surface area contributed by atoms with Crippen LogP contribution in [0.3, 0.4) is 0 Å². The van der Waals surface area contributed by atoms with Crippen molar-refractivity contribution in [3.63, 3.8) is 0 Å². The van der Waals surface area contributed by atoms with Gasteiger partial charge < -0.3 is 5.73 Å². The fraction of sp³-hybridized carbons (Fsp3) is 0.154.